The zero-order chi connectivity index (χ0) is 21.6. The van der Waals surface area contributed by atoms with Gasteiger partial charge in [0.25, 0.3) is 5.91 Å². The van der Waals surface area contributed by atoms with Gasteiger partial charge in [-0.3, -0.25) is 9.59 Å². The lowest BCUT2D eigenvalue weighted by Gasteiger charge is -2.15. The summed E-state index contributed by atoms with van der Waals surface area (Å²) in [6.07, 6.45) is 0.910. The summed E-state index contributed by atoms with van der Waals surface area (Å²) in [5, 5.41) is 6.29. The lowest BCUT2D eigenvalue weighted by Crippen LogP contribution is -2.32. The normalized spacial score (nSPS) is 12.4. The van der Waals surface area contributed by atoms with Crippen molar-refractivity contribution in [3.63, 3.8) is 0 Å². The minimum atomic E-state index is -3.99. The van der Waals surface area contributed by atoms with Gasteiger partial charge in [0, 0.05) is 5.69 Å². The van der Waals surface area contributed by atoms with E-state index in [9.17, 15) is 18.0 Å². The zero-order valence-electron chi connectivity index (χ0n) is 16.8. The van der Waals surface area contributed by atoms with Gasteiger partial charge in [0.05, 0.1) is 0 Å². The number of benzene rings is 1. The third-order valence-electron chi connectivity index (χ3n) is 4.39. The van der Waals surface area contributed by atoms with E-state index < -0.39 is 35.1 Å². The molecular formula is C19H25N3O6S. The van der Waals surface area contributed by atoms with E-state index in [1.165, 1.54) is 13.8 Å². The number of nitrogens with one attached hydrogen (secondary N) is 2. The minimum absolute atomic E-state index is 0.114. The van der Waals surface area contributed by atoms with Gasteiger partial charge in [0.1, 0.15) is 17.1 Å². The van der Waals surface area contributed by atoms with Gasteiger partial charge in [0.15, 0.2) is 12.4 Å². The van der Waals surface area contributed by atoms with Crippen LogP contribution in [0, 0.1) is 13.8 Å². The Labute approximate surface area is 169 Å². The average molecular weight is 423 g/mol. The molecule has 1 aromatic carbocycles. The molecule has 0 fully saturated rings. The second-order valence-corrected chi connectivity index (χ2v) is 8.29. The van der Waals surface area contributed by atoms with E-state index in [1.807, 2.05) is 12.1 Å². The van der Waals surface area contributed by atoms with Crippen LogP contribution in [0.3, 0.4) is 0 Å². The summed E-state index contributed by atoms with van der Waals surface area (Å²) in [5.41, 5.74) is 1.83. The van der Waals surface area contributed by atoms with Gasteiger partial charge in [-0.05, 0) is 37.8 Å². The molecule has 0 saturated carbocycles. The number of rotatable bonds is 9. The molecule has 1 atom stereocenters. The summed E-state index contributed by atoms with van der Waals surface area (Å²) in [7, 11) is -3.99. The highest BCUT2D eigenvalue weighted by Gasteiger charge is 2.25. The van der Waals surface area contributed by atoms with E-state index in [1.54, 1.807) is 12.1 Å². The smallest absolute Gasteiger partial charge is 0.321 e. The Kier molecular flexibility index (Phi) is 7.52. The summed E-state index contributed by atoms with van der Waals surface area (Å²) in [4.78, 5) is 23.8. The van der Waals surface area contributed by atoms with Gasteiger partial charge in [-0.25, -0.2) is 8.42 Å². The quantitative estimate of drug-likeness (QED) is 0.592. The molecule has 2 N–H and O–H groups in total. The lowest BCUT2D eigenvalue weighted by atomic mass is 9.97. The predicted octanol–water partition coefficient (Wildman–Crippen LogP) is 2.27. The Bertz CT molecular complexity index is 964. The Morgan fingerprint density at radius 2 is 1.93 bits per heavy atom. The van der Waals surface area contributed by atoms with Gasteiger partial charge in [-0.1, -0.05) is 37.2 Å². The molecule has 1 amide bonds. The van der Waals surface area contributed by atoms with E-state index in [0.717, 1.165) is 12.0 Å². The number of hydrogen-bond acceptors (Lipinski definition) is 7. The Morgan fingerprint density at radius 3 is 2.55 bits per heavy atom. The van der Waals surface area contributed by atoms with Gasteiger partial charge in [-0.15, -0.1) is 0 Å². The first-order valence-electron chi connectivity index (χ1n) is 9.12. The molecule has 0 radical (unpaired) electrons. The first-order valence-corrected chi connectivity index (χ1v) is 10.6. The molecule has 0 bridgehead atoms. The number of anilines is 1. The predicted molar refractivity (Wildman–Crippen MR) is 106 cm³/mol. The van der Waals surface area contributed by atoms with E-state index >= 15 is 0 Å². The van der Waals surface area contributed by atoms with E-state index in [-0.39, 0.29) is 22.3 Å². The summed E-state index contributed by atoms with van der Waals surface area (Å²) in [6.45, 7) is 5.88. The molecule has 0 aliphatic rings. The number of ether oxygens (including phenoxy) is 1. The van der Waals surface area contributed by atoms with Gasteiger partial charge < -0.3 is 14.6 Å². The maximum atomic E-state index is 12.3. The molecule has 29 heavy (non-hydrogen) atoms. The molecule has 2 aromatic rings. The second-order valence-electron chi connectivity index (χ2n) is 6.58. The number of para-hydroxylation sites is 1. The van der Waals surface area contributed by atoms with E-state index in [2.05, 4.69) is 29.0 Å². The van der Waals surface area contributed by atoms with Crippen molar-refractivity contribution in [2.75, 3.05) is 18.5 Å². The third kappa shape index (κ3) is 5.88. The first-order chi connectivity index (χ1) is 13.7. The summed E-state index contributed by atoms with van der Waals surface area (Å²) in [6, 6.07) is 7.40. The molecule has 0 saturated heterocycles. The molecular weight excluding hydrogens is 398 g/mol. The number of amides is 1. The van der Waals surface area contributed by atoms with E-state index in [4.69, 9.17) is 9.26 Å². The van der Waals surface area contributed by atoms with Crippen molar-refractivity contribution in [2.45, 2.75) is 44.9 Å². The van der Waals surface area contributed by atoms with Crippen molar-refractivity contribution in [1.82, 2.24) is 9.88 Å². The van der Waals surface area contributed by atoms with Crippen LogP contribution in [0.15, 0.2) is 33.7 Å². The lowest BCUT2D eigenvalue weighted by molar-refractivity contribution is -0.146. The number of carbonyl (C=O) groups excluding carboxylic acids is 2. The molecule has 1 heterocycles. The molecule has 0 spiro atoms. The summed E-state index contributed by atoms with van der Waals surface area (Å²) >= 11 is 0. The number of nitrogens with zero attached hydrogens (tertiary/aromatic N) is 1. The van der Waals surface area contributed by atoms with Crippen LogP contribution in [-0.4, -0.2) is 38.6 Å². The molecule has 0 aliphatic carbocycles. The molecule has 2 rings (SSSR count). The Morgan fingerprint density at radius 1 is 1.24 bits per heavy atom. The molecule has 9 nitrogen and oxygen atoms in total. The molecule has 158 valence electrons. The van der Waals surface area contributed by atoms with E-state index in [0.29, 0.717) is 5.69 Å². The van der Waals surface area contributed by atoms with Gasteiger partial charge in [-0.2, -0.15) is 4.72 Å². The van der Waals surface area contributed by atoms with Crippen LogP contribution in [-0.2, 0) is 24.3 Å². The van der Waals surface area contributed by atoms with Crippen molar-refractivity contribution in [2.24, 2.45) is 0 Å². The zero-order valence-corrected chi connectivity index (χ0v) is 17.6. The van der Waals surface area contributed by atoms with Crippen LogP contribution in [0.2, 0.25) is 0 Å². The van der Waals surface area contributed by atoms with Gasteiger partial charge in [0.2, 0.25) is 10.0 Å². The maximum absolute atomic E-state index is 12.3. The molecule has 10 heteroatoms. The molecule has 0 aliphatic heterocycles. The minimum Gasteiger partial charge on any atom is -0.455 e. The van der Waals surface area contributed by atoms with Crippen LogP contribution < -0.4 is 10.0 Å². The Hall–Kier alpha value is -2.72. The second kappa shape index (κ2) is 9.66. The fourth-order valence-electron chi connectivity index (χ4n) is 2.73. The SMILES string of the molecule is CC[C@@H](C)c1ccccc1NC(=O)COC(=O)CNS(=O)(=O)c1c(C)noc1C. The number of carbonyl (C=O) groups is 2. The maximum Gasteiger partial charge on any atom is 0.321 e. The van der Waals surface area contributed by atoms with Crippen LogP contribution in [0.25, 0.3) is 0 Å². The van der Waals surface area contributed by atoms with Crippen molar-refractivity contribution in [1.29, 1.82) is 0 Å². The fraction of sp³-hybridized carbons (Fsp3) is 0.421. The van der Waals surface area contributed by atoms with Crippen LogP contribution in [0.1, 0.15) is 43.2 Å². The van der Waals surface area contributed by atoms with Gasteiger partial charge >= 0.3 is 5.97 Å². The first kappa shape index (κ1) is 22.6. The third-order valence-corrected chi connectivity index (χ3v) is 6.03. The number of hydrogen-bond donors (Lipinski definition) is 2. The molecule has 1 aromatic heterocycles. The number of aryl methyl sites for hydroxylation is 2. The highest BCUT2D eigenvalue weighted by Crippen LogP contribution is 2.26. The van der Waals surface area contributed by atoms with Crippen LogP contribution in [0.4, 0.5) is 5.69 Å². The highest BCUT2D eigenvalue weighted by atomic mass is 32.2. The number of aromatic nitrogens is 1. The van der Waals surface area contributed by atoms with Crippen molar-refractivity contribution in [3.8, 4) is 0 Å². The number of esters is 1. The topological polar surface area (TPSA) is 128 Å². The summed E-state index contributed by atoms with van der Waals surface area (Å²) < 4.78 is 36.3. The summed E-state index contributed by atoms with van der Waals surface area (Å²) in [5.74, 6) is -1.02. The van der Waals surface area contributed by atoms with Crippen molar-refractivity contribution in [3.05, 3.63) is 41.3 Å². The number of sulfonamides is 1. The van der Waals surface area contributed by atoms with Crippen molar-refractivity contribution < 1.29 is 27.3 Å². The fourth-order valence-corrected chi connectivity index (χ4v) is 4.02. The largest absolute Gasteiger partial charge is 0.455 e. The van der Waals surface area contributed by atoms with Crippen LogP contribution >= 0.6 is 0 Å². The molecule has 0 unspecified atom stereocenters. The monoisotopic (exact) mass is 423 g/mol. The highest BCUT2D eigenvalue weighted by molar-refractivity contribution is 7.89. The Balaban J connectivity index is 1.88. The van der Waals surface area contributed by atoms with Crippen LogP contribution in [0.5, 0.6) is 0 Å². The average Bonchev–Trinajstić information content (AvgIpc) is 3.03. The van der Waals surface area contributed by atoms with Crippen molar-refractivity contribution >= 4 is 27.6 Å². The standard InChI is InChI=1S/C19H25N3O6S/c1-5-12(2)15-8-6-7-9-16(15)21-17(23)11-27-18(24)10-20-29(25,26)19-13(3)22-28-14(19)4/h6-9,12,20H,5,10-11H2,1-4H3,(H,21,23)/t12-/m1/s1.